The summed E-state index contributed by atoms with van der Waals surface area (Å²) in [4.78, 5) is 11.1. The molecule has 2 heterocycles. The first kappa shape index (κ1) is 16.1. The molecule has 1 aliphatic carbocycles. The van der Waals surface area contributed by atoms with Gasteiger partial charge in [0, 0.05) is 19.3 Å². The Bertz CT molecular complexity index is 409. The maximum Gasteiger partial charge on any atom is 0.471 e. The van der Waals surface area contributed by atoms with Gasteiger partial charge in [0.1, 0.15) is 0 Å². The molecule has 0 radical (unpaired) electrons. The fourth-order valence-corrected chi connectivity index (χ4v) is 4.40. The summed E-state index contributed by atoms with van der Waals surface area (Å²) in [6, 6.07) is -0.525. The van der Waals surface area contributed by atoms with Crippen molar-refractivity contribution >= 4 is 5.91 Å². The van der Waals surface area contributed by atoms with Crippen LogP contribution < -0.4 is 5.32 Å². The van der Waals surface area contributed by atoms with Crippen molar-refractivity contribution in [2.45, 2.75) is 57.0 Å². The van der Waals surface area contributed by atoms with Gasteiger partial charge in [-0.05, 0) is 50.4 Å². The van der Waals surface area contributed by atoms with Crippen molar-refractivity contribution in [2.75, 3.05) is 13.2 Å². The third-order valence-corrected chi connectivity index (χ3v) is 5.29. The lowest BCUT2D eigenvalue weighted by molar-refractivity contribution is -0.174. The van der Waals surface area contributed by atoms with E-state index in [9.17, 15) is 18.0 Å². The van der Waals surface area contributed by atoms with Crippen molar-refractivity contribution in [3.8, 4) is 0 Å². The van der Waals surface area contributed by atoms with Crippen LogP contribution >= 0.6 is 0 Å². The number of amides is 1. The minimum absolute atomic E-state index is 0.105. The molecule has 0 bridgehead atoms. The number of fused-ring (bicyclic) bond motifs is 2. The van der Waals surface area contributed by atoms with Gasteiger partial charge in [-0.15, -0.1) is 0 Å². The molecule has 0 aromatic rings. The summed E-state index contributed by atoms with van der Waals surface area (Å²) in [5, 5.41) is 2.07. The Hall–Kier alpha value is -0.820. The van der Waals surface area contributed by atoms with Crippen LogP contribution in [0.2, 0.25) is 0 Å². The van der Waals surface area contributed by atoms with Crippen molar-refractivity contribution < 1.29 is 27.4 Å². The van der Waals surface area contributed by atoms with Crippen molar-refractivity contribution in [1.29, 1.82) is 0 Å². The molecule has 22 heavy (non-hydrogen) atoms. The molecule has 5 unspecified atom stereocenters. The number of nitrogens with one attached hydrogen (secondary N) is 1. The summed E-state index contributed by atoms with van der Waals surface area (Å²) in [7, 11) is 0. The molecule has 2 saturated heterocycles. The first-order valence-electron chi connectivity index (χ1n) is 7.97. The highest BCUT2D eigenvalue weighted by molar-refractivity contribution is 5.81. The van der Waals surface area contributed by atoms with E-state index in [1.54, 1.807) is 6.92 Å². The first-order chi connectivity index (χ1) is 10.4. The summed E-state index contributed by atoms with van der Waals surface area (Å²) >= 11 is 0. The quantitative estimate of drug-likeness (QED) is 0.867. The minimum Gasteiger partial charge on any atom is -0.378 e. The Kier molecular flexibility index (Phi) is 4.38. The zero-order valence-electron chi connectivity index (χ0n) is 12.6. The monoisotopic (exact) mass is 321 g/mol. The Labute approximate surface area is 127 Å². The molecule has 0 aromatic carbocycles. The van der Waals surface area contributed by atoms with Crippen molar-refractivity contribution in [1.82, 2.24) is 5.32 Å². The van der Waals surface area contributed by atoms with Gasteiger partial charge in [0.25, 0.3) is 0 Å². The van der Waals surface area contributed by atoms with Gasteiger partial charge in [0.2, 0.25) is 0 Å². The number of carbonyl (C=O) groups is 1. The molecular weight excluding hydrogens is 299 g/mol. The summed E-state index contributed by atoms with van der Waals surface area (Å²) in [6.45, 7) is 3.07. The highest BCUT2D eigenvalue weighted by Gasteiger charge is 2.50. The molecule has 3 fully saturated rings. The fourth-order valence-electron chi connectivity index (χ4n) is 4.40. The lowest BCUT2D eigenvalue weighted by Crippen LogP contribution is -2.48. The Morgan fingerprint density at radius 1 is 1.27 bits per heavy atom. The van der Waals surface area contributed by atoms with E-state index in [0.717, 1.165) is 19.3 Å². The van der Waals surface area contributed by atoms with Gasteiger partial charge in [-0.2, -0.15) is 13.2 Å². The van der Waals surface area contributed by atoms with Gasteiger partial charge in [0.15, 0.2) is 0 Å². The summed E-state index contributed by atoms with van der Waals surface area (Å²) in [5.74, 6) is -0.921. The number of alkyl halides is 3. The second-order valence-corrected chi connectivity index (χ2v) is 6.75. The van der Waals surface area contributed by atoms with E-state index in [2.05, 4.69) is 5.32 Å². The number of halogens is 3. The largest absolute Gasteiger partial charge is 0.471 e. The number of ether oxygens (including phenoxy) is 2. The third kappa shape index (κ3) is 3.11. The van der Waals surface area contributed by atoms with E-state index in [1.165, 1.54) is 0 Å². The molecule has 0 spiro atoms. The lowest BCUT2D eigenvalue weighted by atomic mass is 9.68. The number of hydrogen-bond donors (Lipinski definition) is 1. The van der Waals surface area contributed by atoms with E-state index in [-0.39, 0.29) is 18.1 Å². The van der Waals surface area contributed by atoms with Gasteiger partial charge in [0.05, 0.1) is 12.2 Å². The molecule has 1 saturated carbocycles. The summed E-state index contributed by atoms with van der Waals surface area (Å²) in [6.07, 6.45) is -1.08. The van der Waals surface area contributed by atoms with Crippen LogP contribution in [-0.4, -0.2) is 43.5 Å². The number of rotatable bonds is 3. The molecule has 4 nitrogen and oxygen atoms in total. The molecule has 7 heteroatoms. The van der Waals surface area contributed by atoms with Crippen molar-refractivity contribution in [3.05, 3.63) is 0 Å². The Morgan fingerprint density at radius 3 is 2.73 bits per heavy atom. The van der Waals surface area contributed by atoms with Crippen LogP contribution in [0.5, 0.6) is 0 Å². The highest BCUT2D eigenvalue weighted by atomic mass is 19.4. The predicted molar refractivity (Wildman–Crippen MR) is 72.1 cm³/mol. The van der Waals surface area contributed by atoms with E-state index in [4.69, 9.17) is 9.47 Å². The van der Waals surface area contributed by atoms with E-state index in [1.807, 2.05) is 0 Å². The zero-order valence-corrected chi connectivity index (χ0v) is 12.6. The zero-order chi connectivity index (χ0) is 15.9. The molecule has 6 atom stereocenters. The van der Waals surface area contributed by atoms with Gasteiger partial charge in [-0.25, -0.2) is 0 Å². The molecule has 3 aliphatic rings. The molecule has 0 aromatic heterocycles. The Balaban J connectivity index is 1.65. The molecule has 126 valence electrons. The second kappa shape index (κ2) is 6.00. The van der Waals surface area contributed by atoms with Crippen molar-refractivity contribution in [3.63, 3.8) is 0 Å². The average molecular weight is 321 g/mol. The highest BCUT2D eigenvalue weighted by Crippen LogP contribution is 2.47. The van der Waals surface area contributed by atoms with Crippen LogP contribution in [0, 0.1) is 17.8 Å². The maximum atomic E-state index is 12.4. The van der Waals surface area contributed by atoms with Gasteiger partial charge >= 0.3 is 12.1 Å². The molecule has 1 amide bonds. The predicted octanol–water partition coefficient (Wildman–Crippen LogP) is 2.27. The van der Waals surface area contributed by atoms with Gasteiger partial charge in [-0.3, -0.25) is 4.79 Å². The van der Waals surface area contributed by atoms with Gasteiger partial charge < -0.3 is 14.8 Å². The van der Waals surface area contributed by atoms with Gasteiger partial charge in [-0.1, -0.05) is 0 Å². The molecular formula is C15H22F3NO3. The topological polar surface area (TPSA) is 47.6 Å². The second-order valence-electron chi connectivity index (χ2n) is 6.75. The van der Waals surface area contributed by atoms with Crippen LogP contribution in [0.1, 0.15) is 32.6 Å². The standard InChI is InChI=1S/C15H22F3NO3/c1-8(19-14(20)15(16,17)18)6-11-10-3-5-21-12(10)7-9-2-4-22-13(9)11/h8-13H,2-7H2,1H3,(H,19,20)/t8-,9?,10?,11?,12?,13?/m1/s1. The normalized spacial score (nSPS) is 39.2. The van der Waals surface area contributed by atoms with E-state index >= 15 is 0 Å². The first-order valence-corrected chi connectivity index (χ1v) is 7.97. The maximum absolute atomic E-state index is 12.4. The van der Waals surface area contributed by atoms with Crippen LogP contribution in [0.25, 0.3) is 0 Å². The third-order valence-electron chi connectivity index (χ3n) is 5.29. The van der Waals surface area contributed by atoms with Crippen LogP contribution in [0.4, 0.5) is 13.2 Å². The van der Waals surface area contributed by atoms with E-state index in [0.29, 0.717) is 31.5 Å². The van der Waals surface area contributed by atoms with Crippen LogP contribution in [0.3, 0.4) is 0 Å². The molecule has 1 N–H and O–H groups in total. The molecule has 2 aliphatic heterocycles. The average Bonchev–Trinajstić information content (AvgIpc) is 3.05. The number of hydrogen-bond acceptors (Lipinski definition) is 3. The lowest BCUT2D eigenvalue weighted by Gasteiger charge is -2.41. The van der Waals surface area contributed by atoms with Crippen LogP contribution in [-0.2, 0) is 14.3 Å². The Morgan fingerprint density at radius 2 is 2.00 bits per heavy atom. The smallest absolute Gasteiger partial charge is 0.378 e. The summed E-state index contributed by atoms with van der Waals surface area (Å²) in [5.41, 5.74) is 0. The molecule has 3 rings (SSSR count). The van der Waals surface area contributed by atoms with Crippen LogP contribution in [0.15, 0.2) is 0 Å². The SMILES string of the molecule is C[C@H](CC1C2CCOC2CC2CCOC21)NC(=O)C(F)(F)F. The summed E-state index contributed by atoms with van der Waals surface area (Å²) < 4.78 is 48.7. The fraction of sp³-hybridized carbons (Fsp3) is 0.933. The number of carbonyl (C=O) groups excluding carboxylic acids is 1. The minimum atomic E-state index is -4.83. The van der Waals surface area contributed by atoms with E-state index < -0.39 is 18.1 Å². The van der Waals surface area contributed by atoms with Crippen molar-refractivity contribution in [2.24, 2.45) is 17.8 Å².